The Morgan fingerprint density at radius 2 is 2.20 bits per heavy atom. The number of aromatic nitrogens is 1. The molecule has 5 nitrogen and oxygen atoms in total. The van der Waals surface area contributed by atoms with Crippen LogP contribution in [-0.2, 0) is 11.3 Å². The second-order valence-electron chi connectivity index (χ2n) is 5.61. The van der Waals surface area contributed by atoms with Crippen molar-refractivity contribution in [2.45, 2.75) is 31.3 Å². The summed E-state index contributed by atoms with van der Waals surface area (Å²) in [6.45, 7) is 1.69. The summed E-state index contributed by atoms with van der Waals surface area (Å²) in [5, 5.41) is 3.47. The molecule has 1 N–H and O–H groups in total. The first-order chi connectivity index (χ1) is 9.57. The van der Waals surface area contributed by atoms with Gasteiger partial charge in [-0.05, 0) is 45.5 Å². The molecule has 1 aromatic heterocycles. The molecule has 110 valence electrons. The van der Waals surface area contributed by atoms with E-state index in [2.05, 4.69) is 34.0 Å². The molecule has 1 fully saturated rings. The molecule has 20 heavy (non-hydrogen) atoms. The van der Waals surface area contributed by atoms with Crippen LogP contribution in [0.25, 0.3) is 0 Å². The van der Waals surface area contributed by atoms with Gasteiger partial charge in [-0.2, -0.15) is 0 Å². The van der Waals surface area contributed by atoms with Crippen LogP contribution in [0, 0.1) is 0 Å². The van der Waals surface area contributed by atoms with Crippen molar-refractivity contribution in [2.75, 3.05) is 27.7 Å². The summed E-state index contributed by atoms with van der Waals surface area (Å²) < 4.78 is 4.65. The fourth-order valence-electron chi connectivity index (χ4n) is 2.56. The van der Waals surface area contributed by atoms with Gasteiger partial charge in [-0.3, -0.25) is 4.98 Å². The molecular weight excluding hydrogens is 254 g/mol. The third kappa shape index (κ3) is 3.16. The molecule has 1 aliphatic rings. The van der Waals surface area contributed by atoms with E-state index < -0.39 is 0 Å². The van der Waals surface area contributed by atoms with Crippen molar-refractivity contribution >= 4 is 5.97 Å². The summed E-state index contributed by atoms with van der Waals surface area (Å²) in [6.07, 6.45) is 5.38. The predicted octanol–water partition coefficient (Wildman–Crippen LogP) is 1.44. The number of ether oxygens (including phenoxy) is 1. The van der Waals surface area contributed by atoms with Gasteiger partial charge in [0.1, 0.15) is 0 Å². The first-order valence-electron chi connectivity index (χ1n) is 6.99. The van der Waals surface area contributed by atoms with Crippen LogP contribution in [0.15, 0.2) is 18.3 Å². The molecule has 1 saturated carbocycles. The van der Waals surface area contributed by atoms with Crippen molar-refractivity contribution < 1.29 is 9.53 Å². The maximum absolute atomic E-state index is 11.3. The number of hydrogen-bond acceptors (Lipinski definition) is 5. The van der Waals surface area contributed by atoms with Crippen LogP contribution in [0.5, 0.6) is 0 Å². The number of rotatable bonds is 6. The van der Waals surface area contributed by atoms with Crippen molar-refractivity contribution in [1.29, 1.82) is 0 Å². The summed E-state index contributed by atoms with van der Waals surface area (Å²) in [4.78, 5) is 17.9. The number of nitrogens with one attached hydrogen (secondary N) is 1. The molecule has 0 amide bonds. The number of hydrogen-bond donors (Lipinski definition) is 1. The van der Waals surface area contributed by atoms with Gasteiger partial charge in [0.05, 0.1) is 18.4 Å². The van der Waals surface area contributed by atoms with Gasteiger partial charge in [-0.1, -0.05) is 0 Å². The van der Waals surface area contributed by atoms with Gasteiger partial charge in [0.25, 0.3) is 0 Å². The maximum Gasteiger partial charge on any atom is 0.339 e. The van der Waals surface area contributed by atoms with Gasteiger partial charge in [-0.15, -0.1) is 0 Å². The van der Waals surface area contributed by atoms with Crippen LogP contribution >= 0.6 is 0 Å². The summed E-state index contributed by atoms with van der Waals surface area (Å²) in [5.74, 6) is -0.349. The molecule has 0 aliphatic heterocycles. The number of carbonyl (C=O) groups excluding carboxylic acids is 1. The average Bonchev–Trinajstić information content (AvgIpc) is 2.41. The average molecular weight is 277 g/mol. The van der Waals surface area contributed by atoms with Gasteiger partial charge < -0.3 is 15.0 Å². The third-order valence-corrected chi connectivity index (χ3v) is 4.24. The molecule has 0 radical (unpaired) electrons. The van der Waals surface area contributed by atoms with Gasteiger partial charge in [-0.25, -0.2) is 4.79 Å². The number of carbonyl (C=O) groups is 1. The molecule has 0 unspecified atom stereocenters. The quantitative estimate of drug-likeness (QED) is 0.797. The zero-order chi connectivity index (χ0) is 14.6. The molecule has 2 rings (SSSR count). The molecule has 0 aromatic carbocycles. The highest BCUT2D eigenvalue weighted by Crippen LogP contribution is 2.35. The van der Waals surface area contributed by atoms with Crippen LogP contribution in [0.1, 0.15) is 35.3 Å². The molecule has 1 heterocycles. The fraction of sp³-hybridized carbons (Fsp3) is 0.600. The van der Waals surface area contributed by atoms with E-state index in [-0.39, 0.29) is 5.97 Å². The zero-order valence-corrected chi connectivity index (χ0v) is 12.5. The van der Waals surface area contributed by atoms with Crippen LogP contribution in [0.2, 0.25) is 0 Å². The van der Waals surface area contributed by atoms with E-state index >= 15 is 0 Å². The summed E-state index contributed by atoms with van der Waals surface area (Å²) >= 11 is 0. The van der Waals surface area contributed by atoms with Crippen molar-refractivity contribution in [3.05, 3.63) is 29.6 Å². The van der Waals surface area contributed by atoms with E-state index in [1.807, 2.05) is 6.07 Å². The van der Waals surface area contributed by atoms with Gasteiger partial charge >= 0.3 is 5.97 Å². The van der Waals surface area contributed by atoms with Gasteiger partial charge in [0.2, 0.25) is 0 Å². The molecule has 1 aliphatic carbocycles. The lowest BCUT2D eigenvalue weighted by molar-refractivity contribution is 0.0597. The van der Waals surface area contributed by atoms with Crippen LogP contribution in [0.3, 0.4) is 0 Å². The third-order valence-electron chi connectivity index (χ3n) is 4.24. The smallest absolute Gasteiger partial charge is 0.339 e. The number of nitrogens with zero attached hydrogens (tertiary/aromatic N) is 2. The summed E-state index contributed by atoms with van der Waals surface area (Å²) in [7, 11) is 5.66. The first-order valence-corrected chi connectivity index (χ1v) is 6.99. The Kier molecular flexibility index (Phi) is 4.73. The molecule has 0 saturated heterocycles. The standard InChI is InChI=1S/C15H23N3O2/c1-18(2)15(7-4-8-15)11-16-10-13-6-5-12(9-17-13)14(19)20-3/h5-6,9,16H,4,7-8,10-11H2,1-3H3. The second kappa shape index (κ2) is 6.33. The minimum atomic E-state index is -0.349. The second-order valence-corrected chi connectivity index (χ2v) is 5.61. The Morgan fingerprint density at radius 3 is 2.65 bits per heavy atom. The molecule has 0 bridgehead atoms. The van der Waals surface area contributed by atoms with Gasteiger partial charge in [0.15, 0.2) is 0 Å². The highest BCUT2D eigenvalue weighted by molar-refractivity contribution is 5.88. The highest BCUT2D eigenvalue weighted by Gasteiger charge is 2.38. The summed E-state index contributed by atoms with van der Waals surface area (Å²) in [5.41, 5.74) is 1.73. The number of pyridine rings is 1. The van der Waals surface area contributed by atoms with Crippen molar-refractivity contribution in [3.63, 3.8) is 0 Å². The lowest BCUT2D eigenvalue weighted by atomic mass is 9.75. The van der Waals surface area contributed by atoms with E-state index in [1.165, 1.54) is 26.4 Å². The Balaban J connectivity index is 1.84. The van der Waals surface area contributed by atoms with Crippen molar-refractivity contribution in [2.24, 2.45) is 0 Å². The molecule has 0 spiro atoms. The van der Waals surface area contributed by atoms with E-state index in [9.17, 15) is 4.79 Å². The molecular formula is C15H23N3O2. The van der Waals surface area contributed by atoms with Crippen LogP contribution in [0.4, 0.5) is 0 Å². The van der Waals surface area contributed by atoms with Crippen molar-refractivity contribution in [1.82, 2.24) is 15.2 Å². The Morgan fingerprint density at radius 1 is 1.45 bits per heavy atom. The van der Waals surface area contributed by atoms with Crippen LogP contribution < -0.4 is 5.32 Å². The topological polar surface area (TPSA) is 54.5 Å². The Hall–Kier alpha value is -1.46. The molecule has 0 atom stereocenters. The van der Waals surface area contributed by atoms with E-state index in [1.54, 1.807) is 12.3 Å². The van der Waals surface area contributed by atoms with E-state index in [0.717, 1.165) is 18.8 Å². The number of esters is 1. The molecule has 5 heteroatoms. The predicted molar refractivity (Wildman–Crippen MR) is 77.6 cm³/mol. The monoisotopic (exact) mass is 277 g/mol. The van der Waals surface area contributed by atoms with Crippen molar-refractivity contribution in [3.8, 4) is 0 Å². The highest BCUT2D eigenvalue weighted by atomic mass is 16.5. The Labute approximate surface area is 120 Å². The zero-order valence-electron chi connectivity index (χ0n) is 12.5. The Bertz CT molecular complexity index is 453. The lowest BCUT2D eigenvalue weighted by Gasteiger charge is -2.47. The first kappa shape index (κ1) is 14.9. The number of methoxy groups -OCH3 is 1. The SMILES string of the molecule is COC(=O)c1ccc(CNCC2(N(C)C)CCC2)nc1. The van der Waals surface area contributed by atoms with E-state index in [4.69, 9.17) is 0 Å². The van der Waals surface area contributed by atoms with E-state index in [0.29, 0.717) is 11.1 Å². The largest absolute Gasteiger partial charge is 0.465 e. The number of likely N-dealkylation sites (N-methyl/N-ethyl adjacent to an activating group) is 1. The van der Waals surface area contributed by atoms with Gasteiger partial charge in [0, 0.05) is 24.8 Å². The minimum absolute atomic E-state index is 0.311. The summed E-state index contributed by atoms with van der Waals surface area (Å²) in [6, 6.07) is 3.61. The fourth-order valence-corrected chi connectivity index (χ4v) is 2.56. The maximum atomic E-state index is 11.3. The minimum Gasteiger partial charge on any atom is -0.465 e. The lowest BCUT2D eigenvalue weighted by Crippen LogP contribution is -2.56. The van der Waals surface area contributed by atoms with Crippen LogP contribution in [-0.4, -0.2) is 49.1 Å². The normalized spacial score (nSPS) is 16.8. The molecule has 1 aromatic rings.